The van der Waals surface area contributed by atoms with E-state index in [1.165, 1.54) is 0 Å². The van der Waals surface area contributed by atoms with Gasteiger partial charge in [0.25, 0.3) is 0 Å². The van der Waals surface area contributed by atoms with Crippen LogP contribution in [0.5, 0.6) is 0 Å². The van der Waals surface area contributed by atoms with Gasteiger partial charge >= 0.3 is 5.97 Å². The van der Waals surface area contributed by atoms with E-state index in [1.54, 1.807) is 6.20 Å². The van der Waals surface area contributed by atoms with Gasteiger partial charge in [-0.3, -0.25) is 9.78 Å². The molecule has 0 bridgehead atoms. The largest absolute Gasteiger partial charge is 0.460 e. The van der Waals surface area contributed by atoms with Crippen LogP contribution in [0, 0.1) is 0 Å². The van der Waals surface area contributed by atoms with Gasteiger partial charge in [0.1, 0.15) is 11.8 Å². The van der Waals surface area contributed by atoms with Crippen molar-refractivity contribution in [2.45, 2.75) is 13.0 Å². The van der Waals surface area contributed by atoms with E-state index >= 15 is 0 Å². The number of rotatable bonds is 4. The second-order valence-electron chi connectivity index (χ2n) is 5.96. The predicted octanol–water partition coefficient (Wildman–Crippen LogP) is 4.72. The Bertz CT molecular complexity index is 1110. The summed E-state index contributed by atoms with van der Waals surface area (Å²) in [5.41, 5.74) is 3.16. The van der Waals surface area contributed by atoms with Crippen LogP contribution in [0.2, 0.25) is 5.15 Å². The van der Waals surface area contributed by atoms with Gasteiger partial charge in [-0.05, 0) is 23.8 Å². The first-order valence-corrected chi connectivity index (χ1v) is 8.61. The van der Waals surface area contributed by atoms with Crippen LogP contribution in [0.25, 0.3) is 21.8 Å². The van der Waals surface area contributed by atoms with E-state index in [-0.39, 0.29) is 19.0 Å². The number of aromatic nitrogens is 2. The standard InChI is InChI=1S/C21H15ClN2O2/c22-21-17(11-15-5-1-2-9-18(15)24-21)13-26-19(25)12-16-7-3-6-14-8-4-10-23-20(14)16/h1-11H,12-13H2. The van der Waals surface area contributed by atoms with Crippen LogP contribution >= 0.6 is 11.6 Å². The van der Waals surface area contributed by atoms with Crippen LogP contribution in [0.1, 0.15) is 11.1 Å². The zero-order valence-corrected chi connectivity index (χ0v) is 14.6. The summed E-state index contributed by atoms with van der Waals surface area (Å²) in [7, 11) is 0. The molecule has 0 fully saturated rings. The van der Waals surface area contributed by atoms with Crippen molar-refractivity contribution in [1.82, 2.24) is 9.97 Å². The van der Waals surface area contributed by atoms with E-state index in [1.807, 2.05) is 60.7 Å². The molecule has 0 amide bonds. The van der Waals surface area contributed by atoms with Gasteiger partial charge in [-0.1, -0.05) is 54.1 Å². The van der Waals surface area contributed by atoms with Crippen molar-refractivity contribution in [2.75, 3.05) is 0 Å². The number of halogens is 1. The molecule has 0 radical (unpaired) electrons. The molecule has 2 aromatic carbocycles. The predicted molar refractivity (Wildman–Crippen MR) is 102 cm³/mol. The molecule has 0 aliphatic rings. The van der Waals surface area contributed by atoms with Crippen LogP contribution in [0.4, 0.5) is 0 Å². The minimum absolute atomic E-state index is 0.0910. The molecular weight excluding hydrogens is 348 g/mol. The third kappa shape index (κ3) is 3.37. The summed E-state index contributed by atoms with van der Waals surface area (Å²) >= 11 is 6.21. The Hall–Kier alpha value is -2.98. The lowest BCUT2D eigenvalue weighted by atomic mass is 10.1. The summed E-state index contributed by atoms with van der Waals surface area (Å²) in [5, 5.41) is 2.31. The quantitative estimate of drug-likeness (QED) is 0.389. The van der Waals surface area contributed by atoms with Gasteiger partial charge in [0.05, 0.1) is 17.5 Å². The van der Waals surface area contributed by atoms with Crippen LogP contribution < -0.4 is 0 Å². The van der Waals surface area contributed by atoms with Gasteiger partial charge < -0.3 is 4.74 Å². The van der Waals surface area contributed by atoms with E-state index in [4.69, 9.17) is 16.3 Å². The topological polar surface area (TPSA) is 52.1 Å². The molecule has 26 heavy (non-hydrogen) atoms. The summed E-state index contributed by atoms with van der Waals surface area (Å²) in [6.07, 6.45) is 1.88. The van der Waals surface area contributed by atoms with Crippen molar-refractivity contribution < 1.29 is 9.53 Å². The number of benzene rings is 2. The van der Waals surface area contributed by atoms with E-state index in [0.717, 1.165) is 27.4 Å². The van der Waals surface area contributed by atoms with Gasteiger partial charge in [-0.2, -0.15) is 0 Å². The molecule has 0 atom stereocenters. The average molecular weight is 363 g/mol. The molecule has 0 saturated carbocycles. The second kappa shape index (κ2) is 7.10. The van der Waals surface area contributed by atoms with E-state index in [0.29, 0.717) is 10.7 Å². The highest BCUT2D eigenvalue weighted by atomic mass is 35.5. The van der Waals surface area contributed by atoms with E-state index in [9.17, 15) is 4.79 Å². The van der Waals surface area contributed by atoms with Gasteiger partial charge in [-0.15, -0.1) is 0 Å². The summed E-state index contributed by atoms with van der Waals surface area (Å²) in [6, 6.07) is 19.2. The maximum atomic E-state index is 12.3. The van der Waals surface area contributed by atoms with Gasteiger partial charge in [0.15, 0.2) is 0 Å². The minimum atomic E-state index is -0.327. The SMILES string of the molecule is O=C(Cc1cccc2cccnc12)OCc1cc2ccccc2nc1Cl. The number of carbonyl (C=O) groups excluding carboxylic acids is 1. The third-order valence-electron chi connectivity index (χ3n) is 4.19. The fraction of sp³-hybridized carbons (Fsp3) is 0.0952. The zero-order valence-electron chi connectivity index (χ0n) is 13.9. The average Bonchev–Trinajstić information content (AvgIpc) is 2.66. The summed E-state index contributed by atoms with van der Waals surface area (Å²) < 4.78 is 5.42. The Morgan fingerprint density at radius 3 is 2.69 bits per heavy atom. The van der Waals surface area contributed by atoms with Crippen molar-refractivity contribution >= 4 is 39.4 Å². The van der Waals surface area contributed by atoms with Crippen LogP contribution in [0.15, 0.2) is 66.9 Å². The van der Waals surface area contributed by atoms with Crippen LogP contribution in [-0.2, 0) is 22.6 Å². The molecule has 2 heterocycles. The number of pyridine rings is 2. The molecule has 4 aromatic rings. The minimum Gasteiger partial charge on any atom is -0.460 e. The number of esters is 1. The van der Waals surface area contributed by atoms with Crippen molar-refractivity contribution in [3.05, 3.63) is 83.1 Å². The van der Waals surface area contributed by atoms with E-state index in [2.05, 4.69) is 9.97 Å². The smallest absolute Gasteiger partial charge is 0.310 e. The molecular formula is C21H15ClN2O2. The summed E-state index contributed by atoms with van der Waals surface area (Å²) in [5.74, 6) is -0.327. The summed E-state index contributed by atoms with van der Waals surface area (Å²) in [4.78, 5) is 21.0. The number of hydrogen-bond donors (Lipinski definition) is 0. The Morgan fingerprint density at radius 2 is 1.77 bits per heavy atom. The summed E-state index contributed by atoms with van der Waals surface area (Å²) in [6.45, 7) is 0.0910. The van der Waals surface area contributed by atoms with Gasteiger partial charge in [-0.25, -0.2) is 4.98 Å². The van der Waals surface area contributed by atoms with Gasteiger partial charge in [0.2, 0.25) is 0 Å². The number of para-hydroxylation sites is 2. The van der Waals surface area contributed by atoms with Crippen LogP contribution in [-0.4, -0.2) is 15.9 Å². The number of carbonyl (C=O) groups is 1. The highest BCUT2D eigenvalue weighted by molar-refractivity contribution is 6.30. The van der Waals surface area contributed by atoms with Crippen molar-refractivity contribution in [2.24, 2.45) is 0 Å². The third-order valence-corrected chi connectivity index (χ3v) is 4.52. The monoisotopic (exact) mass is 362 g/mol. The Labute approximate surface area is 155 Å². The highest BCUT2D eigenvalue weighted by Gasteiger charge is 2.11. The molecule has 0 aliphatic heterocycles. The normalized spacial score (nSPS) is 11.0. The lowest BCUT2D eigenvalue weighted by Gasteiger charge is -2.09. The molecule has 0 saturated heterocycles. The number of nitrogens with zero attached hydrogens (tertiary/aromatic N) is 2. The number of hydrogen-bond acceptors (Lipinski definition) is 4. The molecule has 0 aliphatic carbocycles. The second-order valence-corrected chi connectivity index (χ2v) is 6.32. The molecule has 0 N–H and O–H groups in total. The first-order chi connectivity index (χ1) is 12.7. The lowest BCUT2D eigenvalue weighted by molar-refractivity contribution is -0.144. The molecule has 4 nitrogen and oxygen atoms in total. The number of ether oxygens (including phenoxy) is 1. The first-order valence-electron chi connectivity index (χ1n) is 8.23. The van der Waals surface area contributed by atoms with Crippen molar-refractivity contribution in [3.63, 3.8) is 0 Å². The van der Waals surface area contributed by atoms with E-state index < -0.39 is 0 Å². The Morgan fingerprint density at radius 1 is 0.962 bits per heavy atom. The fourth-order valence-electron chi connectivity index (χ4n) is 2.91. The number of fused-ring (bicyclic) bond motifs is 2. The molecule has 128 valence electrons. The Kier molecular flexibility index (Phi) is 4.50. The maximum Gasteiger partial charge on any atom is 0.310 e. The Balaban J connectivity index is 1.49. The maximum absolute atomic E-state index is 12.3. The molecule has 4 rings (SSSR count). The first kappa shape index (κ1) is 16.5. The molecule has 0 spiro atoms. The molecule has 0 unspecified atom stereocenters. The molecule has 5 heteroatoms. The van der Waals surface area contributed by atoms with Crippen molar-refractivity contribution in [3.8, 4) is 0 Å². The molecule has 2 aromatic heterocycles. The highest BCUT2D eigenvalue weighted by Crippen LogP contribution is 2.22. The van der Waals surface area contributed by atoms with Crippen molar-refractivity contribution in [1.29, 1.82) is 0 Å². The zero-order chi connectivity index (χ0) is 17.9. The van der Waals surface area contributed by atoms with Gasteiger partial charge in [0, 0.05) is 22.5 Å². The lowest BCUT2D eigenvalue weighted by Crippen LogP contribution is -2.09. The van der Waals surface area contributed by atoms with Crippen LogP contribution in [0.3, 0.4) is 0 Å². The fourth-order valence-corrected chi connectivity index (χ4v) is 3.11.